The van der Waals surface area contributed by atoms with Gasteiger partial charge in [-0.3, -0.25) is 0 Å². The van der Waals surface area contributed by atoms with Crippen LogP contribution in [0.5, 0.6) is 0 Å². The van der Waals surface area contributed by atoms with Gasteiger partial charge in [-0.1, -0.05) is 49.1 Å². The number of hydrogen-bond donors (Lipinski definition) is 0. The SMILES string of the molecule is Cc1cccc(C2(Cl)CCCCC2)c1. The summed E-state index contributed by atoms with van der Waals surface area (Å²) in [5.74, 6) is 0. The lowest BCUT2D eigenvalue weighted by Gasteiger charge is -2.31. The second-order valence-electron chi connectivity index (χ2n) is 4.40. The third-order valence-corrected chi connectivity index (χ3v) is 3.78. The molecule has 1 aliphatic rings. The van der Waals surface area contributed by atoms with E-state index < -0.39 is 0 Å². The van der Waals surface area contributed by atoms with Crippen LogP contribution in [0.2, 0.25) is 0 Å². The van der Waals surface area contributed by atoms with Crippen molar-refractivity contribution in [2.24, 2.45) is 0 Å². The minimum Gasteiger partial charge on any atom is -0.114 e. The van der Waals surface area contributed by atoms with E-state index >= 15 is 0 Å². The second-order valence-corrected chi connectivity index (χ2v) is 5.12. The Hall–Kier alpha value is -0.490. The molecule has 14 heavy (non-hydrogen) atoms. The first kappa shape index (κ1) is 10.0. The maximum atomic E-state index is 6.67. The molecule has 1 saturated carbocycles. The van der Waals surface area contributed by atoms with Gasteiger partial charge in [-0.15, -0.1) is 11.6 Å². The topological polar surface area (TPSA) is 0 Å². The van der Waals surface area contributed by atoms with E-state index in [0.717, 1.165) is 12.8 Å². The van der Waals surface area contributed by atoms with Crippen molar-refractivity contribution < 1.29 is 0 Å². The highest BCUT2D eigenvalue weighted by Gasteiger charge is 2.31. The van der Waals surface area contributed by atoms with Gasteiger partial charge in [0.2, 0.25) is 0 Å². The van der Waals surface area contributed by atoms with Gasteiger partial charge in [0.05, 0.1) is 4.87 Å². The molecule has 0 bridgehead atoms. The van der Waals surface area contributed by atoms with Gasteiger partial charge in [-0.2, -0.15) is 0 Å². The fourth-order valence-corrected chi connectivity index (χ4v) is 2.71. The summed E-state index contributed by atoms with van der Waals surface area (Å²) in [6.07, 6.45) is 6.17. The van der Waals surface area contributed by atoms with E-state index in [0.29, 0.717) is 0 Å². The van der Waals surface area contributed by atoms with E-state index in [2.05, 4.69) is 31.2 Å². The van der Waals surface area contributed by atoms with E-state index in [9.17, 15) is 0 Å². The van der Waals surface area contributed by atoms with Crippen LogP contribution < -0.4 is 0 Å². The van der Waals surface area contributed by atoms with Gasteiger partial charge in [0.15, 0.2) is 0 Å². The molecule has 1 fully saturated rings. The summed E-state index contributed by atoms with van der Waals surface area (Å²) in [5.41, 5.74) is 2.63. The molecule has 0 radical (unpaired) electrons. The molecule has 76 valence electrons. The van der Waals surface area contributed by atoms with Gasteiger partial charge in [0.1, 0.15) is 0 Å². The summed E-state index contributed by atoms with van der Waals surface area (Å²) >= 11 is 6.67. The van der Waals surface area contributed by atoms with Crippen LogP contribution in [0.15, 0.2) is 24.3 Å². The predicted octanol–water partition coefficient (Wildman–Crippen LogP) is 4.39. The Morgan fingerprint density at radius 2 is 1.86 bits per heavy atom. The van der Waals surface area contributed by atoms with Crippen molar-refractivity contribution in [3.63, 3.8) is 0 Å². The van der Waals surface area contributed by atoms with Crippen molar-refractivity contribution in [1.29, 1.82) is 0 Å². The Balaban J connectivity index is 2.28. The predicted molar refractivity (Wildman–Crippen MR) is 61.8 cm³/mol. The van der Waals surface area contributed by atoms with Crippen LogP contribution in [-0.2, 0) is 4.87 Å². The van der Waals surface area contributed by atoms with Crippen LogP contribution in [-0.4, -0.2) is 0 Å². The van der Waals surface area contributed by atoms with Gasteiger partial charge < -0.3 is 0 Å². The van der Waals surface area contributed by atoms with Crippen molar-refractivity contribution in [1.82, 2.24) is 0 Å². The fourth-order valence-electron chi connectivity index (χ4n) is 2.32. The molecule has 0 saturated heterocycles. The van der Waals surface area contributed by atoms with Crippen LogP contribution in [0, 0.1) is 6.92 Å². The van der Waals surface area contributed by atoms with Crippen molar-refractivity contribution in [2.75, 3.05) is 0 Å². The van der Waals surface area contributed by atoms with E-state index in [-0.39, 0.29) is 4.87 Å². The summed E-state index contributed by atoms with van der Waals surface area (Å²) in [6.45, 7) is 2.13. The average Bonchev–Trinajstić information content (AvgIpc) is 2.19. The Bertz CT molecular complexity index is 311. The molecular weight excluding hydrogens is 192 g/mol. The summed E-state index contributed by atoms with van der Waals surface area (Å²) in [7, 11) is 0. The van der Waals surface area contributed by atoms with Crippen LogP contribution in [0.3, 0.4) is 0 Å². The van der Waals surface area contributed by atoms with Crippen molar-refractivity contribution in [3.8, 4) is 0 Å². The van der Waals surface area contributed by atoms with E-state index in [1.165, 1.54) is 30.4 Å². The van der Waals surface area contributed by atoms with Gasteiger partial charge in [0, 0.05) is 0 Å². The molecule has 1 aliphatic carbocycles. The number of alkyl halides is 1. The normalized spacial score (nSPS) is 20.7. The van der Waals surface area contributed by atoms with E-state index in [1.54, 1.807) is 0 Å². The molecule has 0 atom stereocenters. The number of aryl methyl sites for hydroxylation is 1. The zero-order chi connectivity index (χ0) is 10.0. The monoisotopic (exact) mass is 208 g/mol. The summed E-state index contributed by atoms with van der Waals surface area (Å²) < 4.78 is 0. The highest BCUT2D eigenvalue weighted by molar-refractivity contribution is 6.24. The molecule has 0 nitrogen and oxygen atoms in total. The Labute approximate surface area is 91.3 Å². The highest BCUT2D eigenvalue weighted by Crippen LogP contribution is 2.42. The molecule has 1 heteroatoms. The second kappa shape index (κ2) is 3.94. The van der Waals surface area contributed by atoms with Crippen molar-refractivity contribution in [3.05, 3.63) is 35.4 Å². The summed E-state index contributed by atoms with van der Waals surface area (Å²) in [4.78, 5) is -0.0652. The first-order valence-electron chi connectivity index (χ1n) is 5.47. The largest absolute Gasteiger partial charge is 0.114 e. The number of halogens is 1. The van der Waals surface area contributed by atoms with E-state index in [4.69, 9.17) is 11.6 Å². The molecule has 0 spiro atoms. The van der Waals surface area contributed by atoms with Crippen LogP contribution in [0.4, 0.5) is 0 Å². The summed E-state index contributed by atoms with van der Waals surface area (Å²) in [6, 6.07) is 8.65. The Morgan fingerprint density at radius 1 is 1.14 bits per heavy atom. The van der Waals surface area contributed by atoms with E-state index in [1.807, 2.05) is 0 Å². The number of rotatable bonds is 1. The lowest BCUT2D eigenvalue weighted by molar-refractivity contribution is 0.399. The first-order chi connectivity index (χ1) is 6.71. The van der Waals surface area contributed by atoms with Crippen LogP contribution in [0.1, 0.15) is 43.2 Å². The fraction of sp³-hybridized carbons (Fsp3) is 0.538. The Kier molecular flexibility index (Phi) is 2.83. The average molecular weight is 209 g/mol. The van der Waals surface area contributed by atoms with Crippen LogP contribution >= 0.6 is 11.6 Å². The molecule has 1 aromatic rings. The molecule has 0 aliphatic heterocycles. The molecule has 0 aromatic heterocycles. The van der Waals surface area contributed by atoms with Gasteiger partial charge in [-0.25, -0.2) is 0 Å². The minimum atomic E-state index is -0.0652. The quantitative estimate of drug-likeness (QED) is 0.601. The maximum Gasteiger partial charge on any atom is 0.0695 e. The Morgan fingerprint density at radius 3 is 2.50 bits per heavy atom. The smallest absolute Gasteiger partial charge is 0.0695 e. The zero-order valence-electron chi connectivity index (χ0n) is 8.72. The molecule has 1 aromatic carbocycles. The molecule has 0 heterocycles. The van der Waals surface area contributed by atoms with Crippen molar-refractivity contribution in [2.45, 2.75) is 43.9 Å². The van der Waals surface area contributed by atoms with Gasteiger partial charge in [-0.05, 0) is 25.3 Å². The third-order valence-electron chi connectivity index (χ3n) is 3.18. The third kappa shape index (κ3) is 1.95. The number of benzene rings is 1. The standard InChI is InChI=1S/C13H17Cl/c1-11-6-5-7-12(10-11)13(14)8-3-2-4-9-13/h5-7,10H,2-4,8-9H2,1H3. The van der Waals surface area contributed by atoms with Crippen LogP contribution in [0.25, 0.3) is 0 Å². The molecule has 0 unspecified atom stereocenters. The van der Waals surface area contributed by atoms with Gasteiger partial charge >= 0.3 is 0 Å². The van der Waals surface area contributed by atoms with Gasteiger partial charge in [0.25, 0.3) is 0 Å². The molecule has 0 N–H and O–H groups in total. The summed E-state index contributed by atoms with van der Waals surface area (Å²) in [5, 5.41) is 0. The lowest BCUT2D eigenvalue weighted by atomic mass is 9.83. The zero-order valence-corrected chi connectivity index (χ0v) is 9.48. The molecule has 2 rings (SSSR count). The molecular formula is C13H17Cl. The maximum absolute atomic E-state index is 6.67. The highest BCUT2D eigenvalue weighted by atomic mass is 35.5. The van der Waals surface area contributed by atoms with Crippen molar-refractivity contribution >= 4 is 11.6 Å². The first-order valence-corrected chi connectivity index (χ1v) is 5.85. The lowest BCUT2D eigenvalue weighted by Crippen LogP contribution is -2.22. The molecule has 0 amide bonds. The number of hydrogen-bond acceptors (Lipinski definition) is 0. The minimum absolute atomic E-state index is 0.0652.